The Labute approximate surface area is 148 Å². The summed E-state index contributed by atoms with van der Waals surface area (Å²) in [5, 5.41) is 0. The number of hydrogen-bond donors (Lipinski definition) is 1. The molecule has 1 N–H and O–H groups in total. The number of amides is 1. The summed E-state index contributed by atoms with van der Waals surface area (Å²) in [6, 6.07) is 7.53. The molecule has 3 rings (SSSR count). The molecule has 0 spiro atoms. The minimum atomic E-state index is -0.286. The van der Waals surface area contributed by atoms with E-state index in [2.05, 4.69) is 16.0 Å². The van der Waals surface area contributed by atoms with E-state index in [4.69, 9.17) is 0 Å². The van der Waals surface area contributed by atoms with Gasteiger partial charge in [0, 0.05) is 31.2 Å². The van der Waals surface area contributed by atoms with Gasteiger partial charge < -0.3 is 9.88 Å². The van der Waals surface area contributed by atoms with Gasteiger partial charge in [-0.05, 0) is 54.9 Å². The Kier molecular flexibility index (Phi) is 5.31. The number of piperidine rings is 1. The van der Waals surface area contributed by atoms with Crippen molar-refractivity contribution >= 4 is 5.91 Å². The summed E-state index contributed by atoms with van der Waals surface area (Å²) in [4.78, 5) is 33.9. The Morgan fingerprint density at radius 2 is 2.20 bits per heavy atom. The first-order valence-corrected chi connectivity index (χ1v) is 8.96. The molecule has 3 heterocycles. The second kappa shape index (κ2) is 7.64. The molecule has 1 saturated heterocycles. The average molecular weight is 339 g/mol. The molecular weight excluding hydrogens is 314 g/mol. The minimum absolute atomic E-state index is 0.160. The van der Waals surface area contributed by atoms with Crippen LogP contribution in [0.3, 0.4) is 0 Å². The van der Waals surface area contributed by atoms with Gasteiger partial charge in [-0.3, -0.25) is 14.6 Å². The number of carbonyl (C=O) groups is 1. The van der Waals surface area contributed by atoms with Crippen LogP contribution in [0.4, 0.5) is 0 Å². The van der Waals surface area contributed by atoms with Gasteiger partial charge in [0.15, 0.2) is 0 Å². The Morgan fingerprint density at radius 3 is 2.88 bits per heavy atom. The molecule has 0 aliphatic carbocycles. The largest absolute Gasteiger partial charge is 0.338 e. The van der Waals surface area contributed by atoms with Crippen molar-refractivity contribution in [3.63, 3.8) is 0 Å². The summed E-state index contributed by atoms with van der Waals surface area (Å²) >= 11 is 0. The van der Waals surface area contributed by atoms with Gasteiger partial charge in [0.05, 0.1) is 0 Å². The van der Waals surface area contributed by atoms with Crippen LogP contribution in [-0.2, 0) is 6.42 Å². The van der Waals surface area contributed by atoms with Crippen molar-refractivity contribution in [1.82, 2.24) is 14.9 Å². The molecule has 5 heteroatoms. The maximum absolute atomic E-state index is 12.8. The van der Waals surface area contributed by atoms with Gasteiger partial charge in [0.25, 0.3) is 11.5 Å². The van der Waals surface area contributed by atoms with Crippen molar-refractivity contribution in [3.8, 4) is 0 Å². The van der Waals surface area contributed by atoms with E-state index in [1.165, 1.54) is 5.56 Å². The Bertz CT molecular complexity index is 783. The van der Waals surface area contributed by atoms with E-state index in [1.807, 2.05) is 37.1 Å². The molecule has 1 aliphatic heterocycles. The predicted molar refractivity (Wildman–Crippen MR) is 97.7 cm³/mol. The number of aromatic nitrogens is 2. The molecule has 1 aliphatic rings. The van der Waals surface area contributed by atoms with E-state index in [1.54, 1.807) is 12.3 Å². The van der Waals surface area contributed by atoms with E-state index in [0.717, 1.165) is 25.0 Å². The van der Waals surface area contributed by atoms with Gasteiger partial charge >= 0.3 is 0 Å². The van der Waals surface area contributed by atoms with Crippen LogP contribution in [0.5, 0.6) is 0 Å². The second-order valence-corrected chi connectivity index (χ2v) is 7.14. The summed E-state index contributed by atoms with van der Waals surface area (Å²) in [5.41, 5.74) is 2.01. The summed E-state index contributed by atoms with van der Waals surface area (Å²) in [6.07, 6.45) is 6.64. The zero-order valence-corrected chi connectivity index (χ0v) is 14.9. The molecule has 1 amide bonds. The molecule has 2 aromatic heterocycles. The molecule has 25 heavy (non-hydrogen) atoms. The van der Waals surface area contributed by atoms with Crippen LogP contribution >= 0.6 is 0 Å². The molecule has 0 radical (unpaired) electrons. The van der Waals surface area contributed by atoms with Crippen LogP contribution in [-0.4, -0.2) is 33.9 Å². The van der Waals surface area contributed by atoms with Crippen LogP contribution in [0.15, 0.2) is 41.5 Å². The first kappa shape index (κ1) is 17.4. The summed E-state index contributed by atoms with van der Waals surface area (Å²) in [6.45, 7) is 5.44. The lowest BCUT2D eigenvalue weighted by Crippen LogP contribution is -2.42. The quantitative estimate of drug-likeness (QED) is 0.931. The van der Waals surface area contributed by atoms with Gasteiger partial charge in [0.1, 0.15) is 5.56 Å². The Morgan fingerprint density at radius 1 is 1.36 bits per heavy atom. The highest BCUT2D eigenvalue weighted by Gasteiger charge is 2.26. The predicted octanol–water partition coefficient (Wildman–Crippen LogP) is 2.99. The molecule has 2 aromatic rings. The van der Waals surface area contributed by atoms with Crippen molar-refractivity contribution in [3.05, 3.63) is 63.8 Å². The van der Waals surface area contributed by atoms with Crippen LogP contribution < -0.4 is 5.56 Å². The van der Waals surface area contributed by atoms with Crippen molar-refractivity contribution in [2.75, 3.05) is 13.1 Å². The van der Waals surface area contributed by atoms with E-state index in [-0.39, 0.29) is 22.9 Å². The normalized spacial score (nSPS) is 17.7. The second-order valence-electron chi connectivity index (χ2n) is 7.14. The number of H-pyrrole nitrogens is 1. The summed E-state index contributed by atoms with van der Waals surface area (Å²) < 4.78 is 0. The van der Waals surface area contributed by atoms with Crippen LogP contribution in [0.25, 0.3) is 0 Å². The number of likely N-dealkylation sites (tertiary alicyclic amines) is 1. The third-order valence-corrected chi connectivity index (χ3v) is 4.84. The van der Waals surface area contributed by atoms with Gasteiger partial charge in [-0.2, -0.15) is 0 Å². The smallest absolute Gasteiger partial charge is 0.261 e. The first-order chi connectivity index (χ1) is 12.0. The number of carbonyl (C=O) groups excluding carboxylic acids is 1. The fourth-order valence-corrected chi connectivity index (χ4v) is 3.43. The molecule has 132 valence electrons. The van der Waals surface area contributed by atoms with Crippen molar-refractivity contribution in [2.24, 2.45) is 5.92 Å². The molecule has 0 aromatic carbocycles. The lowest BCUT2D eigenvalue weighted by atomic mass is 9.91. The zero-order chi connectivity index (χ0) is 17.8. The molecule has 0 bridgehead atoms. The van der Waals surface area contributed by atoms with Gasteiger partial charge in [-0.25, -0.2) is 0 Å². The monoisotopic (exact) mass is 339 g/mol. The van der Waals surface area contributed by atoms with Crippen molar-refractivity contribution in [2.45, 2.75) is 39.0 Å². The number of hydrogen-bond acceptors (Lipinski definition) is 3. The van der Waals surface area contributed by atoms with Crippen LogP contribution in [0.2, 0.25) is 0 Å². The number of nitrogens with one attached hydrogen (secondary N) is 1. The topological polar surface area (TPSA) is 66.1 Å². The SMILES string of the molecule is CC(C)c1ccc(C(=O)N2CCC[C@@H](Cc3cccnc3)C2)c(=O)[nH]1. The molecule has 1 atom stereocenters. The van der Waals surface area contributed by atoms with Gasteiger partial charge in [-0.15, -0.1) is 0 Å². The van der Waals surface area contributed by atoms with Crippen LogP contribution in [0.1, 0.15) is 54.2 Å². The highest BCUT2D eigenvalue weighted by Crippen LogP contribution is 2.21. The van der Waals surface area contributed by atoms with E-state index in [9.17, 15) is 9.59 Å². The molecule has 0 saturated carbocycles. The van der Waals surface area contributed by atoms with E-state index < -0.39 is 0 Å². The number of pyridine rings is 2. The lowest BCUT2D eigenvalue weighted by Gasteiger charge is -2.32. The number of aromatic amines is 1. The maximum Gasteiger partial charge on any atom is 0.261 e. The fourth-order valence-electron chi connectivity index (χ4n) is 3.43. The standard InChI is InChI=1S/C20H25N3O2/c1-14(2)18-8-7-17(19(24)22-18)20(25)23-10-4-6-16(13-23)11-15-5-3-9-21-12-15/h3,5,7-9,12,14,16H,4,6,10-11,13H2,1-2H3,(H,22,24)/t16-/m0/s1. The van der Waals surface area contributed by atoms with Crippen molar-refractivity contribution < 1.29 is 4.79 Å². The lowest BCUT2D eigenvalue weighted by molar-refractivity contribution is 0.0671. The summed E-state index contributed by atoms with van der Waals surface area (Å²) in [5.74, 6) is 0.485. The third kappa shape index (κ3) is 4.16. The number of rotatable bonds is 4. The van der Waals surface area contributed by atoms with Crippen LogP contribution in [0, 0.1) is 5.92 Å². The third-order valence-electron chi connectivity index (χ3n) is 4.84. The average Bonchev–Trinajstić information content (AvgIpc) is 2.62. The Balaban J connectivity index is 1.71. The van der Waals surface area contributed by atoms with E-state index >= 15 is 0 Å². The summed E-state index contributed by atoms with van der Waals surface area (Å²) in [7, 11) is 0. The van der Waals surface area contributed by atoms with E-state index in [0.29, 0.717) is 19.0 Å². The molecular formula is C20H25N3O2. The molecule has 1 fully saturated rings. The first-order valence-electron chi connectivity index (χ1n) is 8.96. The van der Waals surface area contributed by atoms with Gasteiger partial charge in [0.2, 0.25) is 0 Å². The van der Waals surface area contributed by atoms with Crippen molar-refractivity contribution in [1.29, 1.82) is 0 Å². The van der Waals surface area contributed by atoms with Gasteiger partial charge in [-0.1, -0.05) is 19.9 Å². The molecule has 5 nitrogen and oxygen atoms in total. The molecule has 0 unspecified atom stereocenters. The number of nitrogens with zero attached hydrogens (tertiary/aromatic N) is 2. The Hall–Kier alpha value is -2.43. The maximum atomic E-state index is 12.8. The highest BCUT2D eigenvalue weighted by atomic mass is 16.2. The fraction of sp³-hybridized carbons (Fsp3) is 0.450. The minimum Gasteiger partial charge on any atom is -0.338 e. The highest BCUT2D eigenvalue weighted by molar-refractivity contribution is 5.93. The zero-order valence-electron chi connectivity index (χ0n) is 14.9.